The van der Waals surface area contributed by atoms with Crippen molar-refractivity contribution in [1.29, 1.82) is 5.26 Å². The minimum Gasteiger partial charge on any atom is -0.304 e. The largest absolute Gasteiger partial charge is 0.304 e. The van der Waals surface area contributed by atoms with Crippen LogP contribution in [0.5, 0.6) is 0 Å². The van der Waals surface area contributed by atoms with Gasteiger partial charge in [0.1, 0.15) is 5.54 Å². The highest BCUT2D eigenvalue weighted by atomic mass is 15.1. The molecule has 3 nitrogen and oxygen atoms in total. The first kappa shape index (κ1) is 19.4. The van der Waals surface area contributed by atoms with Crippen molar-refractivity contribution in [2.75, 3.05) is 13.6 Å². The highest BCUT2D eigenvalue weighted by Gasteiger charge is 2.28. The molecule has 0 radical (unpaired) electrons. The van der Waals surface area contributed by atoms with Crippen LogP contribution in [0, 0.1) is 17.2 Å². The fraction of sp³-hybridized carbons (Fsp3) is 0.941. The van der Waals surface area contributed by atoms with E-state index in [1.807, 2.05) is 0 Å². The smallest absolute Gasteiger partial charge is 0.106 e. The summed E-state index contributed by atoms with van der Waals surface area (Å²) in [5.74, 6) is 0.740. The molecule has 20 heavy (non-hydrogen) atoms. The van der Waals surface area contributed by atoms with E-state index in [4.69, 9.17) is 0 Å². The SMILES string of the molecule is CCC(C#N)(CCCN(C)C(C)CC(C)C)NC(C)C. The van der Waals surface area contributed by atoms with Crippen LogP contribution in [0.15, 0.2) is 0 Å². The Morgan fingerprint density at radius 3 is 2.20 bits per heavy atom. The van der Waals surface area contributed by atoms with Crippen LogP contribution in [-0.2, 0) is 0 Å². The first-order valence-electron chi connectivity index (χ1n) is 8.15. The second kappa shape index (κ2) is 9.37. The van der Waals surface area contributed by atoms with Crippen molar-refractivity contribution < 1.29 is 0 Å². The molecule has 1 N–H and O–H groups in total. The molecule has 0 saturated carbocycles. The van der Waals surface area contributed by atoms with Crippen LogP contribution in [0.3, 0.4) is 0 Å². The molecule has 0 heterocycles. The van der Waals surface area contributed by atoms with Crippen LogP contribution in [0.25, 0.3) is 0 Å². The van der Waals surface area contributed by atoms with Crippen molar-refractivity contribution >= 4 is 0 Å². The number of hydrogen-bond donors (Lipinski definition) is 1. The van der Waals surface area contributed by atoms with Crippen molar-refractivity contribution in [2.45, 2.75) is 84.8 Å². The Hall–Kier alpha value is -0.590. The predicted molar refractivity (Wildman–Crippen MR) is 87.7 cm³/mol. The van der Waals surface area contributed by atoms with Crippen LogP contribution in [0.4, 0.5) is 0 Å². The molecular weight excluding hydrogens is 246 g/mol. The second-order valence-corrected chi connectivity index (χ2v) is 6.91. The lowest BCUT2D eigenvalue weighted by Crippen LogP contribution is -2.47. The third-order valence-electron chi connectivity index (χ3n) is 4.06. The molecule has 0 aromatic heterocycles. The summed E-state index contributed by atoms with van der Waals surface area (Å²) in [7, 11) is 2.20. The van der Waals surface area contributed by atoms with Crippen molar-refractivity contribution in [2.24, 2.45) is 5.92 Å². The summed E-state index contributed by atoms with van der Waals surface area (Å²) in [6, 6.07) is 3.47. The maximum Gasteiger partial charge on any atom is 0.106 e. The Morgan fingerprint density at radius 2 is 1.80 bits per heavy atom. The van der Waals surface area contributed by atoms with Crippen molar-refractivity contribution in [3.8, 4) is 6.07 Å². The quantitative estimate of drug-likeness (QED) is 0.662. The molecule has 2 atom stereocenters. The number of nitrogens with one attached hydrogen (secondary N) is 1. The van der Waals surface area contributed by atoms with Crippen LogP contribution in [0.1, 0.15) is 67.2 Å². The molecule has 0 aliphatic rings. The van der Waals surface area contributed by atoms with Gasteiger partial charge in [-0.1, -0.05) is 20.8 Å². The van der Waals surface area contributed by atoms with Gasteiger partial charge in [-0.2, -0.15) is 5.26 Å². The molecule has 0 bridgehead atoms. The molecular formula is C17H35N3. The lowest BCUT2D eigenvalue weighted by Gasteiger charge is -2.31. The Kier molecular flexibility index (Phi) is 9.09. The van der Waals surface area contributed by atoms with Gasteiger partial charge in [-0.3, -0.25) is 5.32 Å². The monoisotopic (exact) mass is 281 g/mol. The van der Waals surface area contributed by atoms with E-state index in [1.165, 1.54) is 6.42 Å². The third kappa shape index (κ3) is 7.26. The third-order valence-corrected chi connectivity index (χ3v) is 4.06. The minimum absolute atomic E-state index is 0.351. The molecule has 2 unspecified atom stereocenters. The van der Waals surface area contributed by atoms with Gasteiger partial charge in [-0.25, -0.2) is 0 Å². The van der Waals surface area contributed by atoms with E-state index in [0.717, 1.165) is 31.7 Å². The summed E-state index contributed by atoms with van der Waals surface area (Å²) < 4.78 is 0. The van der Waals surface area contributed by atoms with Gasteiger partial charge in [0.2, 0.25) is 0 Å². The Morgan fingerprint density at radius 1 is 1.20 bits per heavy atom. The lowest BCUT2D eigenvalue weighted by atomic mass is 9.91. The molecule has 3 heteroatoms. The number of rotatable bonds is 10. The molecule has 0 aromatic carbocycles. The van der Waals surface area contributed by atoms with E-state index >= 15 is 0 Å². The lowest BCUT2D eigenvalue weighted by molar-refractivity contribution is 0.214. The normalized spacial score (nSPS) is 16.4. The van der Waals surface area contributed by atoms with Crippen molar-refractivity contribution in [1.82, 2.24) is 10.2 Å². The average Bonchev–Trinajstić information content (AvgIpc) is 2.35. The van der Waals surface area contributed by atoms with Gasteiger partial charge in [0, 0.05) is 12.1 Å². The molecule has 0 rings (SSSR count). The Labute approximate surface area is 126 Å². The average molecular weight is 281 g/mol. The van der Waals surface area contributed by atoms with Gasteiger partial charge in [-0.15, -0.1) is 0 Å². The van der Waals surface area contributed by atoms with Crippen LogP contribution >= 0.6 is 0 Å². The fourth-order valence-electron chi connectivity index (χ4n) is 2.78. The van der Waals surface area contributed by atoms with Crippen LogP contribution < -0.4 is 5.32 Å². The van der Waals surface area contributed by atoms with Crippen LogP contribution in [-0.4, -0.2) is 36.1 Å². The maximum absolute atomic E-state index is 9.49. The van der Waals surface area contributed by atoms with Gasteiger partial charge in [0.25, 0.3) is 0 Å². The zero-order chi connectivity index (χ0) is 15.8. The van der Waals surface area contributed by atoms with Gasteiger partial charge in [-0.05, 0) is 66.0 Å². The van der Waals surface area contributed by atoms with Crippen molar-refractivity contribution in [3.63, 3.8) is 0 Å². The maximum atomic E-state index is 9.49. The second-order valence-electron chi connectivity index (χ2n) is 6.91. The van der Waals surface area contributed by atoms with Crippen molar-refractivity contribution in [3.05, 3.63) is 0 Å². The zero-order valence-electron chi connectivity index (χ0n) is 14.7. The molecule has 0 saturated heterocycles. The summed E-state index contributed by atoms with van der Waals surface area (Å²) in [4.78, 5) is 2.42. The molecule has 118 valence electrons. The van der Waals surface area contributed by atoms with Gasteiger partial charge < -0.3 is 4.90 Å². The number of nitriles is 1. The molecule has 0 fully saturated rings. The molecule has 0 aromatic rings. The topological polar surface area (TPSA) is 39.1 Å². The van der Waals surface area contributed by atoms with Gasteiger partial charge in [0.15, 0.2) is 0 Å². The van der Waals surface area contributed by atoms with Crippen LogP contribution in [0.2, 0.25) is 0 Å². The molecule has 0 aliphatic carbocycles. The highest BCUT2D eigenvalue weighted by Crippen LogP contribution is 2.19. The number of nitrogens with zero attached hydrogens (tertiary/aromatic N) is 2. The fourth-order valence-corrected chi connectivity index (χ4v) is 2.78. The van der Waals surface area contributed by atoms with Gasteiger partial charge >= 0.3 is 0 Å². The predicted octanol–water partition coefficient (Wildman–Crippen LogP) is 3.80. The Bertz CT molecular complexity index is 293. The summed E-state index contributed by atoms with van der Waals surface area (Å²) in [6.07, 6.45) is 4.10. The highest BCUT2D eigenvalue weighted by molar-refractivity contribution is 5.06. The summed E-state index contributed by atoms with van der Waals surface area (Å²) in [5, 5.41) is 12.9. The van der Waals surface area contributed by atoms with E-state index in [9.17, 15) is 5.26 Å². The molecule has 0 amide bonds. The summed E-state index contributed by atoms with van der Waals surface area (Å²) in [6.45, 7) is 14.2. The standard InChI is InChI=1S/C17H35N3/c1-8-17(13-18,19-15(4)5)10-9-11-20(7)16(6)12-14(2)3/h14-16,19H,8-12H2,1-7H3. The first-order chi connectivity index (χ1) is 9.26. The van der Waals surface area contributed by atoms with E-state index in [0.29, 0.717) is 12.1 Å². The zero-order valence-corrected chi connectivity index (χ0v) is 14.7. The van der Waals surface area contributed by atoms with E-state index in [1.54, 1.807) is 0 Å². The van der Waals surface area contributed by atoms with Gasteiger partial charge in [0.05, 0.1) is 6.07 Å². The summed E-state index contributed by atoms with van der Waals surface area (Å²) >= 11 is 0. The number of hydrogen-bond acceptors (Lipinski definition) is 3. The molecule has 0 aliphatic heterocycles. The minimum atomic E-state index is -0.351. The Balaban J connectivity index is 4.28. The van der Waals surface area contributed by atoms with E-state index in [2.05, 4.69) is 64.9 Å². The van der Waals surface area contributed by atoms with E-state index < -0.39 is 0 Å². The first-order valence-corrected chi connectivity index (χ1v) is 8.15. The summed E-state index contributed by atoms with van der Waals surface area (Å²) in [5.41, 5.74) is -0.351. The molecule has 0 spiro atoms. The van der Waals surface area contributed by atoms with E-state index in [-0.39, 0.29) is 5.54 Å².